The van der Waals surface area contributed by atoms with Gasteiger partial charge in [0, 0.05) is 36.6 Å². The Hall–Kier alpha value is -2.12. The van der Waals surface area contributed by atoms with Gasteiger partial charge in [0.1, 0.15) is 11.7 Å². The molecule has 8 heteroatoms. The minimum atomic E-state index is -1.32. The van der Waals surface area contributed by atoms with Crippen LogP contribution in [-0.4, -0.2) is 40.4 Å². The highest BCUT2D eigenvalue weighted by atomic mass is 35.5. The fourth-order valence-corrected chi connectivity index (χ4v) is 4.88. The third-order valence-electron chi connectivity index (χ3n) is 6.55. The number of aromatic nitrogens is 1. The second-order valence-electron chi connectivity index (χ2n) is 8.36. The number of nitrogens with two attached hydrogens (primary N) is 1. The van der Waals surface area contributed by atoms with Crippen molar-refractivity contribution in [2.75, 3.05) is 18.0 Å². The molecule has 3 aliphatic rings. The van der Waals surface area contributed by atoms with Gasteiger partial charge in [-0.2, -0.15) is 0 Å². The number of carboxylic acid groups (broad SMARTS) is 1. The van der Waals surface area contributed by atoms with Crippen molar-refractivity contribution < 1.29 is 14.3 Å². The number of carboxylic acids is 1. The summed E-state index contributed by atoms with van der Waals surface area (Å²) in [6.45, 7) is 1.62. The molecule has 0 spiro atoms. The SMILES string of the molecule is NC1([C@@H]2CCN(c3ccc4c(=O)c(C(=O)O)cn(C5C[C@@H]5F)c4c3Cl)C2)CC1. The zero-order chi connectivity index (χ0) is 19.8. The molecule has 1 aromatic carbocycles. The number of rotatable bonds is 4. The molecule has 3 atom stereocenters. The van der Waals surface area contributed by atoms with Crippen LogP contribution in [0.15, 0.2) is 23.1 Å². The van der Waals surface area contributed by atoms with E-state index in [0.717, 1.165) is 38.0 Å². The minimum absolute atomic E-state index is 0.0635. The summed E-state index contributed by atoms with van der Waals surface area (Å²) in [5.41, 5.74) is 6.54. The van der Waals surface area contributed by atoms with Crippen molar-refractivity contribution in [3.63, 3.8) is 0 Å². The molecule has 0 bridgehead atoms. The number of alkyl halides is 1. The molecule has 148 valence electrons. The summed E-state index contributed by atoms with van der Waals surface area (Å²) >= 11 is 6.73. The molecule has 28 heavy (non-hydrogen) atoms. The number of pyridine rings is 1. The Morgan fingerprint density at radius 2 is 2.07 bits per heavy atom. The number of fused-ring (bicyclic) bond motifs is 1. The molecular formula is C20H21ClFN3O3. The van der Waals surface area contributed by atoms with Crippen LogP contribution in [0, 0.1) is 5.92 Å². The number of nitrogens with zero attached hydrogens (tertiary/aromatic N) is 2. The van der Waals surface area contributed by atoms with Crippen molar-refractivity contribution in [3.8, 4) is 0 Å². The normalized spacial score (nSPS) is 28.0. The van der Waals surface area contributed by atoms with E-state index in [2.05, 4.69) is 4.90 Å². The Bertz CT molecular complexity index is 1060. The minimum Gasteiger partial charge on any atom is -0.477 e. The maximum absolute atomic E-state index is 13.8. The number of anilines is 1. The molecule has 1 aromatic heterocycles. The number of aromatic carboxylic acids is 1. The van der Waals surface area contributed by atoms with E-state index < -0.39 is 23.6 Å². The van der Waals surface area contributed by atoms with E-state index in [1.807, 2.05) is 0 Å². The number of halogens is 2. The van der Waals surface area contributed by atoms with Crippen LogP contribution < -0.4 is 16.1 Å². The van der Waals surface area contributed by atoms with Crippen LogP contribution in [0.25, 0.3) is 10.9 Å². The first-order chi connectivity index (χ1) is 13.3. The van der Waals surface area contributed by atoms with Crippen molar-refractivity contribution in [1.29, 1.82) is 0 Å². The summed E-state index contributed by atoms with van der Waals surface area (Å²) in [5.74, 6) is -0.911. The van der Waals surface area contributed by atoms with Gasteiger partial charge < -0.3 is 20.3 Å². The molecule has 2 saturated carbocycles. The zero-order valence-electron chi connectivity index (χ0n) is 15.2. The molecule has 2 aromatic rings. The third kappa shape index (κ3) is 2.63. The van der Waals surface area contributed by atoms with Gasteiger partial charge in [0.2, 0.25) is 5.43 Å². The van der Waals surface area contributed by atoms with E-state index in [0.29, 0.717) is 22.9 Å². The van der Waals surface area contributed by atoms with Gasteiger partial charge in [-0.05, 0) is 37.3 Å². The van der Waals surface area contributed by atoms with Crippen LogP contribution in [0.4, 0.5) is 10.1 Å². The van der Waals surface area contributed by atoms with Crippen LogP contribution in [0.2, 0.25) is 5.02 Å². The predicted octanol–water partition coefficient (Wildman–Crippen LogP) is 2.95. The van der Waals surface area contributed by atoms with Crippen LogP contribution in [-0.2, 0) is 0 Å². The Balaban J connectivity index is 1.63. The molecule has 5 rings (SSSR count). The third-order valence-corrected chi connectivity index (χ3v) is 6.92. The van der Waals surface area contributed by atoms with Crippen molar-refractivity contribution in [1.82, 2.24) is 4.57 Å². The topological polar surface area (TPSA) is 88.6 Å². The average Bonchev–Trinajstić information content (AvgIpc) is 3.52. The maximum atomic E-state index is 13.8. The van der Waals surface area contributed by atoms with E-state index in [9.17, 15) is 19.1 Å². The average molecular weight is 406 g/mol. The summed E-state index contributed by atoms with van der Waals surface area (Å²) in [6, 6.07) is 2.89. The van der Waals surface area contributed by atoms with Gasteiger partial charge in [-0.15, -0.1) is 0 Å². The molecule has 1 saturated heterocycles. The molecule has 6 nitrogen and oxygen atoms in total. The fourth-order valence-electron chi connectivity index (χ4n) is 4.50. The highest BCUT2D eigenvalue weighted by Crippen LogP contribution is 2.47. The van der Waals surface area contributed by atoms with Crippen molar-refractivity contribution in [2.24, 2.45) is 11.7 Å². The molecule has 0 radical (unpaired) electrons. The quantitative estimate of drug-likeness (QED) is 0.816. The molecule has 2 aliphatic carbocycles. The molecule has 1 unspecified atom stereocenters. The molecule has 1 aliphatic heterocycles. The standard InChI is InChI=1S/C20H21ClFN3O3/c21-16-14(24-6-3-10(8-24)20(23)4-5-20)2-1-11-17(16)25(15-7-13(15)22)9-12(18(11)26)19(27)28/h1-2,9-10,13,15H,3-8,23H2,(H,27,28)/t10-,13+,15?/m1/s1. The Morgan fingerprint density at radius 1 is 1.36 bits per heavy atom. The van der Waals surface area contributed by atoms with E-state index >= 15 is 0 Å². The van der Waals surface area contributed by atoms with Crippen LogP contribution >= 0.6 is 11.6 Å². The van der Waals surface area contributed by atoms with Crippen molar-refractivity contribution in [3.05, 3.63) is 39.1 Å². The Labute approximate surface area is 165 Å². The number of hydrogen-bond acceptors (Lipinski definition) is 4. The predicted molar refractivity (Wildman–Crippen MR) is 105 cm³/mol. The van der Waals surface area contributed by atoms with Gasteiger partial charge in [0.15, 0.2) is 0 Å². The Kier molecular flexibility index (Phi) is 3.81. The van der Waals surface area contributed by atoms with E-state index in [4.69, 9.17) is 17.3 Å². The monoisotopic (exact) mass is 405 g/mol. The summed E-state index contributed by atoms with van der Waals surface area (Å²) in [4.78, 5) is 26.3. The fraction of sp³-hybridized carbons (Fsp3) is 0.500. The lowest BCUT2D eigenvalue weighted by atomic mass is 9.97. The van der Waals surface area contributed by atoms with Crippen LogP contribution in [0.1, 0.15) is 42.1 Å². The second-order valence-corrected chi connectivity index (χ2v) is 8.74. The smallest absolute Gasteiger partial charge is 0.341 e. The van der Waals surface area contributed by atoms with Gasteiger partial charge in [-0.3, -0.25) is 4.79 Å². The second kappa shape index (κ2) is 5.94. The van der Waals surface area contributed by atoms with Gasteiger partial charge in [-0.1, -0.05) is 11.6 Å². The summed E-state index contributed by atoms with van der Waals surface area (Å²) in [7, 11) is 0. The Morgan fingerprint density at radius 3 is 2.68 bits per heavy atom. The number of benzene rings is 1. The summed E-state index contributed by atoms with van der Waals surface area (Å²) in [6.07, 6.45) is 3.56. The van der Waals surface area contributed by atoms with Crippen LogP contribution in [0.3, 0.4) is 0 Å². The zero-order valence-corrected chi connectivity index (χ0v) is 16.0. The largest absolute Gasteiger partial charge is 0.477 e. The van der Waals surface area contributed by atoms with Crippen molar-refractivity contribution in [2.45, 2.75) is 43.4 Å². The van der Waals surface area contributed by atoms with Crippen LogP contribution in [0.5, 0.6) is 0 Å². The first-order valence-electron chi connectivity index (χ1n) is 9.59. The summed E-state index contributed by atoms with van der Waals surface area (Å²) in [5, 5.41) is 9.94. The molecule has 0 amide bonds. The van der Waals surface area contributed by atoms with Gasteiger partial charge in [0.05, 0.1) is 22.3 Å². The van der Waals surface area contributed by atoms with Gasteiger partial charge in [0.25, 0.3) is 0 Å². The molecular weight excluding hydrogens is 385 g/mol. The van der Waals surface area contributed by atoms with E-state index in [1.54, 1.807) is 12.1 Å². The molecule has 2 heterocycles. The van der Waals surface area contributed by atoms with Crippen molar-refractivity contribution >= 4 is 34.2 Å². The van der Waals surface area contributed by atoms with E-state index in [1.165, 1.54) is 10.8 Å². The highest BCUT2D eigenvalue weighted by Gasteiger charge is 2.48. The van der Waals surface area contributed by atoms with Gasteiger partial charge in [-0.25, -0.2) is 9.18 Å². The molecule has 3 fully saturated rings. The lowest BCUT2D eigenvalue weighted by Crippen LogP contribution is -2.34. The first-order valence-corrected chi connectivity index (χ1v) is 9.96. The molecule has 3 N–H and O–H groups in total. The first kappa shape index (κ1) is 17.9. The maximum Gasteiger partial charge on any atom is 0.341 e. The van der Waals surface area contributed by atoms with E-state index in [-0.39, 0.29) is 16.5 Å². The lowest BCUT2D eigenvalue weighted by molar-refractivity contribution is 0.0694. The lowest BCUT2D eigenvalue weighted by Gasteiger charge is -2.24. The summed E-state index contributed by atoms with van der Waals surface area (Å²) < 4.78 is 15.4. The van der Waals surface area contributed by atoms with Gasteiger partial charge >= 0.3 is 5.97 Å². The highest BCUT2D eigenvalue weighted by molar-refractivity contribution is 6.38. The number of carbonyl (C=O) groups is 1. The number of hydrogen-bond donors (Lipinski definition) is 2.